The van der Waals surface area contributed by atoms with Crippen LogP contribution >= 0.6 is 22.9 Å². The maximum Gasteiger partial charge on any atom is 0.219 e. The minimum atomic E-state index is 0.170. The first kappa shape index (κ1) is 15.2. The predicted octanol–water partition coefficient (Wildman–Crippen LogP) is 2.79. The van der Waals surface area contributed by atoms with Crippen LogP contribution in [-0.2, 0) is 4.79 Å². The van der Waals surface area contributed by atoms with Crippen molar-refractivity contribution in [3.05, 3.63) is 0 Å². The number of carbonyl (C=O) groups excluding carboxylic acids is 1. The van der Waals surface area contributed by atoms with E-state index in [1.165, 1.54) is 32.1 Å². The molecule has 0 aromatic carbocycles. The van der Waals surface area contributed by atoms with E-state index in [1.807, 2.05) is 6.92 Å². The number of nitrogens with one attached hydrogen (secondary N) is 2. The Kier molecular flexibility index (Phi) is 12.4. The van der Waals surface area contributed by atoms with Crippen LogP contribution in [0.25, 0.3) is 0 Å². The standard InChI is InChI=1S/C11H23IN2O/c1-2-11(15)13-9-7-5-3-4-6-8-10-14-12/h14H,2-10H2,1H3,(H,13,15). The monoisotopic (exact) mass is 326 g/mol. The number of hydrogen-bond donors (Lipinski definition) is 2. The molecule has 0 saturated carbocycles. The number of halogens is 1. The summed E-state index contributed by atoms with van der Waals surface area (Å²) >= 11 is 2.19. The van der Waals surface area contributed by atoms with Gasteiger partial charge in [0.2, 0.25) is 5.91 Å². The summed E-state index contributed by atoms with van der Waals surface area (Å²) in [5, 5.41) is 2.89. The average molecular weight is 326 g/mol. The molecule has 0 saturated heterocycles. The fourth-order valence-electron chi connectivity index (χ4n) is 1.38. The van der Waals surface area contributed by atoms with Gasteiger partial charge in [0, 0.05) is 42.4 Å². The van der Waals surface area contributed by atoms with Crippen LogP contribution in [0.1, 0.15) is 51.9 Å². The lowest BCUT2D eigenvalue weighted by Gasteiger charge is -2.03. The van der Waals surface area contributed by atoms with E-state index in [1.54, 1.807) is 0 Å². The van der Waals surface area contributed by atoms with Gasteiger partial charge < -0.3 is 5.32 Å². The molecule has 0 aromatic rings. The lowest BCUT2D eigenvalue weighted by molar-refractivity contribution is -0.120. The first-order valence-corrected chi connectivity index (χ1v) is 6.99. The van der Waals surface area contributed by atoms with Crippen LogP contribution < -0.4 is 8.85 Å². The molecule has 0 unspecified atom stereocenters. The fraction of sp³-hybridized carbons (Fsp3) is 0.909. The van der Waals surface area contributed by atoms with Crippen LogP contribution in [0.3, 0.4) is 0 Å². The van der Waals surface area contributed by atoms with E-state index in [4.69, 9.17) is 0 Å². The van der Waals surface area contributed by atoms with Crippen molar-refractivity contribution in [2.24, 2.45) is 0 Å². The molecule has 0 aromatic heterocycles. The average Bonchev–Trinajstić information content (AvgIpc) is 2.26. The van der Waals surface area contributed by atoms with Gasteiger partial charge in [0.15, 0.2) is 0 Å². The molecular formula is C11H23IN2O. The van der Waals surface area contributed by atoms with Gasteiger partial charge in [-0.3, -0.25) is 8.32 Å². The molecule has 0 aliphatic rings. The van der Waals surface area contributed by atoms with E-state index in [0.717, 1.165) is 19.5 Å². The SMILES string of the molecule is CCC(=O)NCCCCCCCCNI. The minimum Gasteiger partial charge on any atom is -0.356 e. The number of unbranched alkanes of at least 4 members (excludes halogenated alkanes) is 5. The van der Waals surface area contributed by atoms with Crippen LogP contribution in [0.2, 0.25) is 0 Å². The Bertz CT molecular complexity index is 154. The largest absolute Gasteiger partial charge is 0.356 e. The van der Waals surface area contributed by atoms with Gasteiger partial charge in [-0.15, -0.1) is 0 Å². The van der Waals surface area contributed by atoms with E-state index in [-0.39, 0.29) is 5.91 Å². The summed E-state index contributed by atoms with van der Waals surface area (Å²) in [6.07, 6.45) is 8.16. The van der Waals surface area contributed by atoms with Crippen molar-refractivity contribution in [1.82, 2.24) is 8.85 Å². The van der Waals surface area contributed by atoms with E-state index < -0.39 is 0 Å². The summed E-state index contributed by atoms with van der Waals surface area (Å²) in [6, 6.07) is 0. The van der Waals surface area contributed by atoms with E-state index >= 15 is 0 Å². The highest BCUT2D eigenvalue weighted by molar-refractivity contribution is 14.1. The quantitative estimate of drug-likeness (QED) is 0.368. The highest BCUT2D eigenvalue weighted by Gasteiger charge is 1.95. The summed E-state index contributed by atoms with van der Waals surface area (Å²) < 4.78 is 3.12. The molecule has 1 amide bonds. The molecule has 0 radical (unpaired) electrons. The van der Waals surface area contributed by atoms with E-state index in [0.29, 0.717) is 6.42 Å². The van der Waals surface area contributed by atoms with E-state index in [2.05, 4.69) is 31.7 Å². The van der Waals surface area contributed by atoms with Gasteiger partial charge in [0.1, 0.15) is 0 Å². The second-order valence-electron chi connectivity index (χ2n) is 3.71. The van der Waals surface area contributed by atoms with Crippen molar-refractivity contribution in [3.8, 4) is 0 Å². The lowest BCUT2D eigenvalue weighted by Crippen LogP contribution is -2.23. The van der Waals surface area contributed by atoms with Gasteiger partial charge in [0.25, 0.3) is 0 Å². The third-order valence-corrected chi connectivity index (χ3v) is 2.88. The normalized spacial score (nSPS) is 10.3. The Hall–Kier alpha value is 0.160. The molecule has 15 heavy (non-hydrogen) atoms. The molecule has 4 heteroatoms. The summed E-state index contributed by atoms with van der Waals surface area (Å²) in [7, 11) is 0. The second-order valence-corrected chi connectivity index (χ2v) is 4.47. The van der Waals surface area contributed by atoms with Gasteiger partial charge in [0.05, 0.1) is 0 Å². The first-order valence-electron chi connectivity index (χ1n) is 5.91. The molecule has 0 aliphatic carbocycles. The highest BCUT2D eigenvalue weighted by atomic mass is 127. The van der Waals surface area contributed by atoms with Gasteiger partial charge in [-0.25, -0.2) is 0 Å². The van der Waals surface area contributed by atoms with Crippen molar-refractivity contribution >= 4 is 28.8 Å². The van der Waals surface area contributed by atoms with Crippen molar-refractivity contribution < 1.29 is 4.79 Å². The molecule has 0 heterocycles. The zero-order valence-electron chi connectivity index (χ0n) is 9.65. The number of rotatable bonds is 10. The molecule has 2 N–H and O–H groups in total. The van der Waals surface area contributed by atoms with Crippen molar-refractivity contribution in [2.45, 2.75) is 51.9 Å². The van der Waals surface area contributed by atoms with Crippen LogP contribution in [0.15, 0.2) is 0 Å². The Morgan fingerprint density at radius 1 is 1.00 bits per heavy atom. The molecule has 0 aliphatic heterocycles. The zero-order chi connectivity index (χ0) is 11.4. The van der Waals surface area contributed by atoms with Crippen LogP contribution in [0.5, 0.6) is 0 Å². The summed E-state index contributed by atoms with van der Waals surface area (Å²) in [6.45, 7) is 3.85. The van der Waals surface area contributed by atoms with Crippen molar-refractivity contribution in [1.29, 1.82) is 0 Å². The van der Waals surface area contributed by atoms with Crippen LogP contribution in [0, 0.1) is 0 Å². The molecule has 3 nitrogen and oxygen atoms in total. The molecule has 0 rings (SSSR count). The predicted molar refractivity (Wildman–Crippen MR) is 73.0 cm³/mol. The van der Waals surface area contributed by atoms with Gasteiger partial charge >= 0.3 is 0 Å². The summed E-state index contributed by atoms with van der Waals surface area (Å²) in [5.41, 5.74) is 0. The first-order chi connectivity index (χ1) is 7.31. The maximum atomic E-state index is 10.9. The Morgan fingerprint density at radius 2 is 1.53 bits per heavy atom. The Morgan fingerprint density at radius 3 is 2.07 bits per heavy atom. The van der Waals surface area contributed by atoms with Gasteiger partial charge in [-0.1, -0.05) is 32.6 Å². The van der Waals surface area contributed by atoms with Crippen molar-refractivity contribution in [2.75, 3.05) is 13.1 Å². The molecule has 0 bridgehead atoms. The molecule has 0 atom stereocenters. The summed E-state index contributed by atoms with van der Waals surface area (Å²) in [4.78, 5) is 10.9. The van der Waals surface area contributed by atoms with Gasteiger partial charge in [-0.05, 0) is 12.8 Å². The molecule has 0 spiro atoms. The van der Waals surface area contributed by atoms with Crippen molar-refractivity contribution in [3.63, 3.8) is 0 Å². The van der Waals surface area contributed by atoms with Crippen LogP contribution in [0.4, 0.5) is 0 Å². The fourth-order valence-corrected chi connectivity index (χ4v) is 1.76. The number of carbonyl (C=O) groups is 1. The highest BCUT2D eigenvalue weighted by Crippen LogP contribution is 2.04. The maximum absolute atomic E-state index is 10.9. The number of amides is 1. The Labute approximate surface area is 107 Å². The molecule has 90 valence electrons. The lowest BCUT2D eigenvalue weighted by atomic mass is 10.1. The smallest absolute Gasteiger partial charge is 0.219 e. The van der Waals surface area contributed by atoms with E-state index in [9.17, 15) is 4.79 Å². The third kappa shape index (κ3) is 12.1. The Balaban J connectivity index is 2.95. The third-order valence-electron chi connectivity index (χ3n) is 2.34. The molecular weight excluding hydrogens is 303 g/mol. The summed E-state index contributed by atoms with van der Waals surface area (Å²) in [5.74, 6) is 0.170. The minimum absolute atomic E-state index is 0.170. The van der Waals surface area contributed by atoms with Crippen LogP contribution in [-0.4, -0.2) is 19.0 Å². The zero-order valence-corrected chi connectivity index (χ0v) is 11.8. The van der Waals surface area contributed by atoms with Gasteiger partial charge in [-0.2, -0.15) is 0 Å². The molecule has 0 fully saturated rings. The number of hydrogen-bond acceptors (Lipinski definition) is 2. The topological polar surface area (TPSA) is 41.1 Å². The second kappa shape index (κ2) is 12.2.